The van der Waals surface area contributed by atoms with Crippen molar-refractivity contribution >= 4 is 11.6 Å². The number of nitrogens with zero attached hydrogens (tertiary/aromatic N) is 2. The molecule has 1 fully saturated rings. The van der Waals surface area contributed by atoms with Gasteiger partial charge in [-0.2, -0.15) is 5.26 Å². The van der Waals surface area contributed by atoms with Gasteiger partial charge < -0.3 is 10.2 Å². The maximum absolute atomic E-state index is 13.3. The van der Waals surface area contributed by atoms with Gasteiger partial charge in [-0.1, -0.05) is 0 Å². The van der Waals surface area contributed by atoms with Crippen LogP contribution in [0.15, 0.2) is 18.2 Å². The number of halogens is 1. The van der Waals surface area contributed by atoms with Gasteiger partial charge in [0, 0.05) is 18.8 Å². The van der Waals surface area contributed by atoms with Crippen LogP contribution in [0.4, 0.5) is 10.1 Å². The number of likely N-dealkylation sites (tertiary alicyclic amines) is 1. The predicted octanol–water partition coefficient (Wildman–Crippen LogP) is 1.73. The summed E-state index contributed by atoms with van der Waals surface area (Å²) in [5.41, 5.74) is 0.519. The first kappa shape index (κ1) is 12.4. The summed E-state index contributed by atoms with van der Waals surface area (Å²) in [5.74, 6) is -0.548. The summed E-state index contributed by atoms with van der Waals surface area (Å²) in [4.78, 5) is 13.5. The zero-order valence-corrected chi connectivity index (χ0v) is 9.95. The molecule has 94 valence electrons. The van der Waals surface area contributed by atoms with Gasteiger partial charge in [-0.15, -0.1) is 0 Å². The van der Waals surface area contributed by atoms with Crippen molar-refractivity contribution in [2.75, 3.05) is 25.0 Å². The number of anilines is 1. The van der Waals surface area contributed by atoms with E-state index in [1.165, 1.54) is 12.1 Å². The Hall–Kier alpha value is -2.09. The molecule has 4 nitrogen and oxygen atoms in total. The zero-order valence-electron chi connectivity index (χ0n) is 9.95. The van der Waals surface area contributed by atoms with Gasteiger partial charge in [0.25, 0.3) is 0 Å². The Kier molecular flexibility index (Phi) is 3.78. The highest BCUT2D eigenvalue weighted by Gasteiger charge is 2.17. The minimum Gasteiger partial charge on any atom is -0.376 e. The van der Waals surface area contributed by atoms with E-state index in [-0.39, 0.29) is 18.0 Å². The van der Waals surface area contributed by atoms with Crippen LogP contribution in [0.3, 0.4) is 0 Å². The third-order valence-electron chi connectivity index (χ3n) is 2.99. The van der Waals surface area contributed by atoms with E-state index in [2.05, 4.69) is 5.32 Å². The van der Waals surface area contributed by atoms with E-state index in [1.807, 2.05) is 0 Å². The van der Waals surface area contributed by atoms with Crippen LogP contribution in [-0.2, 0) is 4.79 Å². The van der Waals surface area contributed by atoms with E-state index >= 15 is 0 Å². The first-order valence-electron chi connectivity index (χ1n) is 5.92. The number of carbonyl (C=O) groups is 1. The first-order valence-corrected chi connectivity index (χ1v) is 5.92. The number of carbonyl (C=O) groups excluding carboxylic acids is 1. The quantitative estimate of drug-likeness (QED) is 0.885. The largest absolute Gasteiger partial charge is 0.376 e. The minimum absolute atomic E-state index is 0.00594. The number of hydrogen-bond donors (Lipinski definition) is 1. The van der Waals surface area contributed by atoms with E-state index in [1.54, 1.807) is 17.0 Å². The maximum Gasteiger partial charge on any atom is 0.241 e. The molecule has 1 saturated heterocycles. The molecular weight excluding hydrogens is 233 g/mol. The molecular formula is C13H14FN3O. The Bertz CT molecular complexity index is 489. The third-order valence-corrected chi connectivity index (χ3v) is 2.99. The number of nitriles is 1. The summed E-state index contributed by atoms with van der Waals surface area (Å²) in [6.07, 6.45) is 2.11. The second-order valence-corrected chi connectivity index (χ2v) is 4.25. The van der Waals surface area contributed by atoms with Crippen molar-refractivity contribution in [2.45, 2.75) is 12.8 Å². The van der Waals surface area contributed by atoms with E-state index < -0.39 is 5.82 Å². The van der Waals surface area contributed by atoms with Gasteiger partial charge in [0.05, 0.1) is 12.1 Å². The molecule has 1 aromatic rings. The van der Waals surface area contributed by atoms with Crippen molar-refractivity contribution in [1.29, 1.82) is 5.26 Å². The summed E-state index contributed by atoms with van der Waals surface area (Å²) in [7, 11) is 0. The molecule has 0 unspecified atom stereocenters. The van der Waals surface area contributed by atoms with Crippen molar-refractivity contribution in [2.24, 2.45) is 0 Å². The fourth-order valence-electron chi connectivity index (χ4n) is 1.97. The second-order valence-electron chi connectivity index (χ2n) is 4.25. The Morgan fingerprint density at radius 2 is 2.17 bits per heavy atom. The van der Waals surface area contributed by atoms with Crippen LogP contribution in [0.5, 0.6) is 0 Å². The fraction of sp³-hybridized carbons (Fsp3) is 0.385. The Morgan fingerprint density at radius 1 is 1.44 bits per heavy atom. The highest BCUT2D eigenvalue weighted by Crippen LogP contribution is 2.14. The van der Waals surface area contributed by atoms with Crippen molar-refractivity contribution < 1.29 is 9.18 Å². The number of amides is 1. The molecule has 0 aliphatic carbocycles. The molecule has 0 atom stereocenters. The second kappa shape index (κ2) is 5.50. The SMILES string of the molecule is N#Cc1ccc(NCC(=O)N2CCCC2)cc1F. The predicted molar refractivity (Wildman–Crippen MR) is 65.4 cm³/mol. The molecule has 0 radical (unpaired) electrons. The smallest absolute Gasteiger partial charge is 0.241 e. The molecule has 1 aromatic carbocycles. The van der Waals surface area contributed by atoms with E-state index in [0.29, 0.717) is 5.69 Å². The van der Waals surface area contributed by atoms with Gasteiger partial charge in [0.15, 0.2) is 0 Å². The van der Waals surface area contributed by atoms with Crippen molar-refractivity contribution in [3.05, 3.63) is 29.6 Å². The molecule has 1 N–H and O–H groups in total. The third kappa shape index (κ3) is 2.77. The topological polar surface area (TPSA) is 56.1 Å². The van der Waals surface area contributed by atoms with E-state index in [4.69, 9.17) is 5.26 Å². The van der Waals surface area contributed by atoms with Gasteiger partial charge in [-0.3, -0.25) is 4.79 Å². The Labute approximate surface area is 105 Å². The average Bonchev–Trinajstić information content (AvgIpc) is 2.90. The lowest BCUT2D eigenvalue weighted by molar-refractivity contribution is -0.128. The molecule has 5 heteroatoms. The molecule has 1 amide bonds. The summed E-state index contributed by atoms with van der Waals surface area (Å²) >= 11 is 0. The van der Waals surface area contributed by atoms with Gasteiger partial charge in [-0.05, 0) is 31.0 Å². The van der Waals surface area contributed by atoms with Crippen LogP contribution >= 0.6 is 0 Å². The molecule has 0 spiro atoms. The lowest BCUT2D eigenvalue weighted by Crippen LogP contribution is -2.32. The van der Waals surface area contributed by atoms with Crippen LogP contribution in [0.25, 0.3) is 0 Å². The molecule has 0 saturated carbocycles. The Morgan fingerprint density at radius 3 is 2.78 bits per heavy atom. The molecule has 18 heavy (non-hydrogen) atoms. The van der Waals surface area contributed by atoms with E-state index in [0.717, 1.165) is 25.9 Å². The lowest BCUT2D eigenvalue weighted by Gasteiger charge is -2.16. The summed E-state index contributed by atoms with van der Waals surface area (Å²) < 4.78 is 13.3. The fourth-order valence-corrected chi connectivity index (χ4v) is 1.97. The summed E-state index contributed by atoms with van der Waals surface area (Å²) in [6.45, 7) is 1.77. The monoisotopic (exact) mass is 247 g/mol. The van der Waals surface area contributed by atoms with Gasteiger partial charge in [-0.25, -0.2) is 4.39 Å². The number of benzene rings is 1. The van der Waals surface area contributed by atoms with Gasteiger partial charge >= 0.3 is 0 Å². The zero-order chi connectivity index (χ0) is 13.0. The molecule has 0 bridgehead atoms. The highest BCUT2D eigenvalue weighted by molar-refractivity contribution is 5.81. The van der Waals surface area contributed by atoms with Crippen LogP contribution in [0.1, 0.15) is 18.4 Å². The standard InChI is InChI=1S/C13H14FN3O/c14-12-7-11(4-3-10(12)8-15)16-9-13(18)17-5-1-2-6-17/h3-4,7,16H,1-2,5-6,9H2. The average molecular weight is 247 g/mol. The van der Waals surface area contributed by atoms with Crippen molar-refractivity contribution in [3.63, 3.8) is 0 Å². The van der Waals surface area contributed by atoms with Gasteiger partial charge in [0.2, 0.25) is 5.91 Å². The highest BCUT2D eigenvalue weighted by atomic mass is 19.1. The molecule has 1 aliphatic heterocycles. The summed E-state index contributed by atoms with van der Waals surface area (Å²) in [6, 6.07) is 5.98. The Balaban J connectivity index is 1.92. The molecule has 0 aromatic heterocycles. The molecule has 2 rings (SSSR count). The number of hydrogen-bond acceptors (Lipinski definition) is 3. The van der Waals surface area contributed by atoms with Crippen LogP contribution < -0.4 is 5.32 Å². The van der Waals surface area contributed by atoms with Crippen molar-refractivity contribution in [1.82, 2.24) is 4.90 Å². The van der Waals surface area contributed by atoms with Crippen molar-refractivity contribution in [3.8, 4) is 6.07 Å². The number of nitrogens with one attached hydrogen (secondary N) is 1. The molecule has 1 aliphatic rings. The first-order chi connectivity index (χ1) is 8.70. The number of rotatable bonds is 3. The summed E-state index contributed by atoms with van der Waals surface area (Å²) in [5, 5.41) is 11.5. The van der Waals surface area contributed by atoms with Crippen LogP contribution in [0, 0.1) is 17.1 Å². The van der Waals surface area contributed by atoms with Crippen LogP contribution in [0.2, 0.25) is 0 Å². The van der Waals surface area contributed by atoms with Crippen LogP contribution in [-0.4, -0.2) is 30.4 Å². The van der Waals surface area contributed by atoms with Gasteiger partial charge in [0.1, 0.15) is 11.9 Å². The minimum atomic E-state index is -0.573. The normalized spacial score (nSPS) is 14.3. The molecule has 1 heterocycles. The maximum atomic E-state index is 13.3. The lowest BCUT2D eigenvalue weighted by atomic mass is 10.2. The van der Waals surface area contributed by atoms with E-state index in [9.17, 15) is 9.18 Å².